The van der Waals surface area contributed by atoms with Crippen LogP contribution in [0.5, 0.6) is 0 Å². The van der Waals surface area contributed by atoms with Crippen LogP contribution in [-0.2, 0) is 10.0 Å². The molecule has 1 aromatic rings. The number of sulfonamides is 1. The number of hydrogen-bond donors (Lipinski definition) is 2. The molecule has 1 aliphatic carbocycles. The van der Waals surface area contributed by atoms with E-state index in [2.05, 4.69) is 10.0 Å². The van der Waals surface area contributed by atoms with Crippen molar-refractivity contribution in [3.63, 3.8) is 0 Å². The van der Waals surface area contributed by atoms with Crippen LogP contribution in [0, 0.1) is 5.82 Å². The number of nitrogens with one attached hydrogen (secondary N) is 2. The molecule has 0 aliphatic heterocycles. The SMILES string of the molecule is CNC1CCC(NS(=O)(=O)c2ccccc2F)CC1. The van der Waals surface area contributed by atoms with Crippen molar-refractivity contribution in [2.75, 3.05) is 7.05 Å². The van der Waals surface area contributed by atoms with E-state index < -0.39 is 15.8 Å². The van der Waals surface area contributed by atoms with Crippen molar-refractivity contribution in [3.8, 4) is 0 Å². The fourth-order valence-electron chi connectivity index (χ4n) is 2.45. The molecule has 2 N–H and O–H groups in total. The first-order valence-electron chi connectivity index (χ1n) is 6.47. The summed E-state index contributed by atoms with van der Waals surface area (Å²) < 4.78 is 40.3. The summed E-state index contributed by atoms with van der Waals surface area (Å²) in [6.07, 6.45) is 3.42. The van der Waals surface area contributed by atoms with Crippen LogP contribution in [-0.4, -0.2) is 27.5 Å². The van der Waals surface area contributed by atoms with Gasteiger partial charge in [0.25, 0.3) is 0 Å². The Balaban J connectivity index is 2.05. The Labute approximate surface area is 113 Å². The van der Waals surface area contributed by atoms with E-state index in [9.17, 15) is 12.8 Å². The largest absolute Gasteiger partial charge is 0.317 e. The first-order chi connectivity index (χ1) is 9.03. The molecule has 0 saturated heterocycles. The quantitative estimate of drug-likeness (QED) is 0.884. The zero-order valence-electron chi connectivity index (χ0n) is 10.9. The lowest BCUT2D eigenvalue weighted by atomic mass is 9.92. The molecule has 0 aromatic heterocycles. The third-order valence-electron chi connectivity index (χ3n) is 3.58. The molecule has 0 heterocycles. The normalized spacial score (nSPS) is 24.3. The van der Waals surface area contributed by atoms with Crippen molar-refractivity contribution in [1.82, 2.24) is 10.0 Å². The van der Waals surface area contributed by atoms with E-state index in [1.165, 1.54) is 18.2 Å². The Kier molecular flexibility index (Phi) is 4.54. The molecule has 1 aliphatic rings. The van der Waals surface area contributed by atoms with Gasteiger partial charge in [-0.3, -0.25) is 0 Å². The minimum Gasteiger partial charge on any atom is -0.317 e. The second-order valence-electron chi connectivity index (χ2n) is 4.89. The van der Waals surface area contributed by atoms with Crippen molar-refractivity contribution in [2.24, 2.45) is 0 Å². The van der Waals surface area contributed by atoms with Gasteiger partial charge in [0.05, 0.1) is 0 Å². The van der Waals surface area contributed by atoms with Gasteiger partial charge in [0, 0.05) is 12.1 Å². The van der Waals surface area contributed by atoms with Crippen LogP contribution in [0.25, 0.3) is 0 Å². The lowest BCUT2D eigenvalue weighted by molar-refractivity contribution is 0.342. The molecule has 4 nitrogen and oxygen atoms in total. The van der Waals surface area contributed by atoms with Gasteiger partial charge >= 0.3 is 0 Å². The van der Waals surface area contributed by atoms with Gasteiger partial charge in [-0.25, -0.2) is 17.5 Å². The number of hydrogen-bond acceptors (Lipinski definition) is 3. The highest BCUT2D eigenvalue weighted by atomic mass is 32.2. The highest BCUT2D eigenvalue weighted by molar-refractivity contribution is 7.89. The summed E-state index contributed by atoms with van der Waals surface area (Å²) in [7, 11) is -1.85. The molecule has 0 unspecified atom stereocenters. The fraction of sp³-hybridized carbons (Fsp3) is 0.538. The lowest BCUT2D eigenvalue weighted by Gasteiger charge is -2.28. The van der Waals surface area contributed by atoms with Crippen LogP contribution in [0.2, 0.25) is 0 Å². The van der Waals surface area contributed by atoms with Crippen molar-refractivity contribution >= 4 is 10.0 Å². The van der Waals surface area contributed by atoms with E-state index in [1.54, 1.807) is 0 Å². The van der Waals surface area contributed by atoms with Crippen LogP contribution in [0.15, 0.2) is 29.2 Å². The third-order valence-corrected chi connectivity index (χ3v) is 5.14. The van der Waals surface area contributed by atoms with Gasteiger partial charge in [0.2, 0.25) is 10.0 Å². The van der Waals surface area contributed by atoms with Gasteiger partial charge in [-0.05, 0) is 44.9 Å². The Bertz CT molecular complexity index is 525. The first-order valence-corrected chi connectivity index (χ1v) is 7.95. The van der Waals surface area contributed by atoms with E-state index in [0.717, 1.165) is 31.7 Å². The second kappa shape index (κ2) is 5.98. The van der Waals surface area contributed by atoms with Gasteiger partial charge in [-0.2, -0.15) is 0 Å². The highest BCUT2D eigenvalue weighted by Gasteiger charge is 2.26. The standard InChI is InChI=1S/C13H19FN2O2S/c1-15-10-6-8-11(9-7-10)16-19(17,18)13-5-3-2-4-12(13)14/h2-5,10-11,15-16H,6-9H2,1H3. The molecule has 0 atom stereocenters. The summed E-state index contributed by atoms with van der Waals surface area (Å²) in [5.41, 5.74) is 0. The van der Waals surface area contributed by atoms with E-state index in [4.69, 9.17) is 0 Å². The van der Waals surface area contributed by atoms with Gasteiger partial charge in [-0.1, -0.05) is 12.1 Å². The average Bonchev–Trinajstić information content (AvgIpc) is 2.39. The van der Waals surface area contributed by atoms with Gasteiger partial charge < -0.3 is 5.32 Å². The number of rotatable bonds is 4. The summed E-state index contributed by atoms with van der Waals surface area (Å²) in [6.45, 7) is 0. The zero-order valence-corrected chi connectivity index (χ0v) is 11.7. The predicted molar refractivity (Wildman–Crippen MR) is 71.8 cm³/mol. The monoisotopic (exact) mass is 286 g/mol. The highest BCUT2D eigenvalue weighted by Crippen LogP contribution is 2.21. The van der Waals surface area contributed by atoms with Crippen LogP contribution >= 0.6 is 0 Å². The fourth-order valence-corrected chi connectivity index (χ4v) is 3.83. The van der Waals surface area contributed by atoms with E-state index >= 15 is 0 Å². The Morgan fingerprint density at radius 3 is 2.26 bits per heavy atom. The zero-order chi connectivity index (χ0) is 13.9. The molecule has 1 saturated carbocycles. The maximum Gasteiger partial charge on any atom is 0.243 e. The third kappa shape index (κ3) is 3.52. The summed E-state index contributed by atoms with van der Waals surface area (Å²) in [5, 5.41) is 3.19. The average molecular weight is 286 g/mol. The molecule has 106 valence electrons. The molecule has 6 heteroatoms. The molecule has 0 bridgehead atoms. The minimum atomic E-state index is -3.76. The maximum absolute atomic E-state index is 13.5. The molecule has 0 spiro atoms. The van der Waals surface area contributed by atoms with E-state index in [0.29, 0.717) is 6.04 Å². The van der Waals surface area contributed by atoms with Crippen LogP contribution in [0.4, 0.5) is 4.39 Å². The molecule has 1 aromatic carbocycles. The van der Waals surface area contributed by atoms with E-state index in [1.807, 2.05) is 7.05 Å². The first kappa shape index (κ1) is 14.4. The second-order valence-corrected chi connectivity index (χ2v) is 6.57. The summed E-state index contributed by atoms with van der Waals surface area (Å²) in [5.74, 6) is -0.709. The molecule has 0 amide bonds. The molecular formula is C13H19FN2O2S. The van der Waals surface area contributed by atoms with Gasteiger partial charge in [-0.15, -0.1) is 0 Å². The van der Waals surface area contributed by atoms with E-state index in [-0.39, 0.29) is 10.9 Å². The topological polar surface area (TPSA) is 58.2 Å². The summed E-state index contributed by atoms with van der Waals surface area (Å²) in [6, 6.07) is 5.80. The molecule has 2 rings (SSSR count). The minimum absolute atomic E-state index is 0.103. The smallest absolute Gasteiger partial charge is 0.243 e. The van der Waals surface area contributed by atoms with Crippen LogP contribution in [0.3, 0.4) is 0 Å². The Morgan fingerprint density at radius 2 is 1.68 bits per heavy atom. The Morgan fingerprint density at radius 1 is 1.11 bits per heavy atom. The summed E-state index contributed by atoms with van der Waals surface area (Å²) in [4.78, 5) is -0.272. The molecular weight excluding hydrogens is 267 g/mol. The van der Waals surface area contributed by atoms with Crippen LogP contribution in [0.1, 0.15) is 25.7 Å². The molecule has 0 radical (unpaired) electrons. The Hall–Kier alpha value is -0.980. The van der Waals surface area contributed by atoms with Gasteiger partial charge in [0.1, 0.15) is 10.7 Å². The molecule has 1 fully saturated rings. The van der Waals surface area contributed by atoms with Crippen LogP contribution < -0.4 is 10.0 Å². The van der Waals surface area contributed by atoms with Crippen molar-refractivity contribution in [1.29, 1.82) is 0 Å². The lowest BCUT2D eigenvalue weighted by Crippen LogP contribution is -2.41. The number of benzene rings is 1. The predicted octanol–water partition coefficient (Wildman–Crippen LogP) is 1.63. The molecule has 19 heavy (non-hydrogen) atoms. The summed E-state index contributed by atoms with van der Waals surface area (Å²) >= 11 is 0. The van der Waals surface area contributed by atoms with Crippen molar-refractivity contribution in [2.45, 2.75) is 42.7 Å². The van der Waals surface area contributed by atoms with Gasteiger partial charge in [0.15, 0.2) is 0 Å². The van der Waals surface area contributed by atoms with Crippen molar-refractivity contribution in [3.05, 3.63) is 30.1 Å². The number of halogens is 1. The maximum atomic E-state index is 13.5. The van der Waals surface area contributed by atoms with Crippen molar-refractivity contribution < 1.29 is 12.8 Å².